The van der Waals surface area contributed by atoms with Crippen molar-refractivity contribution in [2.45, 2.75) is 26.7 Å². The van der Waals surface area contributed by atoms with Gasteiger partial charge in [0.1, 0.15) is 0 Å². The number of anilines is 3. The normalized spacial score (nSPS) is 10.7. The second-order valence-corrected chi connectivity index (χ2v) is 5.29. The number of nitrogen functional groups attached to an aromatic ring is 1. The zero-order valence-corrected chi connectivity index (χ0v) is 12.3. The Kier molecular flexibility index (Phi) is 4.12. The van der Waals surface area contributed by atoms with Crippen molar-refractivity contribution in [2.24, 2.45) is 0 Å². The van der Waals surface area contributed by atoms with Gasteiger partial charge in [-0.25, -0.2) is 9.78 Å². The summed E-state index contributed by atoms with van der Waals surface area (Å²) in [5, 5.41) is 12.2. The lowest BCUT2D eigenvalue weighted by molar-refractivity contribution is 0.0696. The third-order valence-electron chi connectivity index (χ3n) is 3.33. The molecule has 21 heavy (non-hydrogen) atoms. The number of para-hydroxylation sites is 1. The molecule has 2 aromatic rings. The molecule has 0 bridgehead atoms. The minimum atomic E-state index is -1.04. The summed E-state index contributed by atoms with van der Waals surface area (Å²) in [5.74, 6) is -0.220. The molecule has 0 amide bonds. The van der Waals surface area contributed by atoms with Crippen molar-refractivity contribution in [3.8, 4) is 0 Å². The van der Waals surface area contributed by atoms with Gasteiger partial charge in [0.2, 0.25) is 0 Å². The van der Waals surface area contributed by atoms with Gasteiger partial charge in [-0.2, -0.15) is 0 Å². The lowest BCUT2D eigenvalue weighted by Gasteiger charge is -2.17. The number of aromatic nitrogens is 1. The number of carboxylic acid groups (broad SMARTS) is 1. The number of hydrogen-bond donors (Lipinski definition) is 3. The summed E-state index contributed by atoms with van der Waals surface area (Å²) in [7, 11) is 0. The Morgan fingerprint density at radius 1 is 1.38 bits per heavy atom. The molecule has 1 aromatic heterocycles. The molecule has 0 atom stereocenters. The molecule has 4 N–H and O–H groups in total. The number of nitrogens with zero attached hydrogens (tertiary/aromatic N) is 1. The van der Waals surface area contributed by atoms with Crippen molar-refractivity contribution in [3.63, 3.8) is 0 Å². The number of hydrogen-bond acceptors (Lipinski definition) is 4. The maximum atomic E-state index is 10.9. The molecule has 0 aliphatic heterocycles. The Bertz CT molecular complexity index is 681. The molecule has 1 heterocycles. The van der Waals surface area contributed by atoms with E-state index in [9.17, 15) is 4.79 Å². The summed E-state index contributed by atoms with van der Waals surface area (Å²) in [6.07, 6.45) is 1.30. The highest BCUT2D eigenvalue weighted by Gasteiger charge is 2.12. The molecule has 0 fully saturated rings. The smallest absolute Gasteiger partial charge is 0.337 e. The van der Waals surface area contributed by atoms with E-state index in [2.05, 4.69) is 30.2 Å². The van der Waals surface area contributed by atoms with Gasteiger partial charge in [-0.15, -0.1) is 0 Å². The summed E-state index contributed by atoms with van der Waals surface area (Å²) in [5.41, 5.74) is 9.50. The number of aromatic carboxylic acids is 1. The van der Waals surface area contributed by atoms with Crippen molar-refractivity contribution >= 4 is 23.2 Å². The molecule has 0 aliphatic carbocycles. The zero-order valence-electron chi connectivity index (χ0n) is 12.3. The monoisotopic (exact) mass is 285 g/mol. The molecular formula is C16H19N3O2. The summed E-state index contributed by atoms with van der Waals surface area (Å²) in [6, 6.07) is 7.49. The third kappa shape index (κ3) is 3.13. The van der Waals surface area contributed by atoms with E-state index >= 15 is 0 Å². The van der Waals surface area contributed by atoms with Gasteiger partial charge in [0, 0.05) is 11.9 Å². The SMILES string of the molecule is Cc1cccc(C(C)C)c1Nc1ncc(C(=O)O)cc1N. The predicted molar refractivity (Wildman–Crippen MR) is 84.2 cm³/mol. The lowest BCUT2D eigenvalue weighted by atomic mass is 9.98. The fourth-order valence-corrected chi connectivity index (χ4v) is 2.16. The quantitative estimate of drug-likeness (QED) is 0.799. The lowest BCUT2D eigenvalue weighted by Crippen LogP contribution is -2.06. The first kappa shape index (κ1) is 14.8. The molecule has 5 heteroatoms. The van der Waals surface area contributed by atoms with Gasteiger partial charge >= 0.3 is 5.97 Å². The number of aryl methyl sites for hydroxylation is 1. The highest BCUT2D eigenvalue weighted by Crippen LogP contribution is 2.31. The number of carboxylic acids is 1. The number of benzene rings is 1. The van der Waals surface area contributed by atoms with Gasteiger partial charge in [0.05, 0.1) is 11.3 Å². The van der Waals surface area contributed by atoms with Crippen molar-refractivity contribution in [1.82, 2.24) is 4.98 Å². The Labute approximate surface area is 123 Å². The van der Waals surface area contributed by atoms with Crippen LogP contribution in [0.2, 0.25) is 0 Å². The average molecular weight is 285 g/mol. The number of nitrogens with two attached hydrogens (primary N) is 1. The summed E-state index contributed by atoms with van der Waals surface area (Å²) in [4.78, 5) is 15.0. The number of nitrogens with one attached hydrogen (secondary N) is 1. The zero-order chi connectivity index (χ0) is 15.6. The Hall–Kier alpha value is -2.56. The van der Waals surface area contributed by atoms with Crippen LogP contribution in [0.25, 0.3) is 0 Å². The van der Waals surface area contributed by atoms with E-state index < -0.39 is 5.97 Å². The van der Waals surface area contributed by atoms with Gasteiger partial charge in [-0.05, 0) is 30.0 Å². The first-order chi connectivity index (χ1) is 9.90. The van der Waals surface area contributed by atoms with Crippen LogP contribution in [0.3, 0.4) is 0 Å². The standard InChI is InChI=1S/C16H19N3O2/c1-9(2)12-6-4-5-10(3)14(12)19-15-13(17)7-11(8-18-15)16(20)21/h4-9H,17H2,1-3H3,(H,18,19)(H,20,21). The van der Waals surface area contributed by atoms with Crippen LogP contribution < -0.4 is 11.1 Å². The Morgan fingerprint density at radius 3 is 2.67 bits per heavy atom. The van der Waals surface area contributed by atoms with Gasteiger partial charge in [-0.1, -0.05) is 32.0 Å². The first-order valence-electron chi connectivity index (χ1n) is 6.75. The van der Waals surface area contributed by atoms with Crippen LogP contribution in [0.4, 0.5) is 17.2 Å². The van der Waals surface area contributed by atoms with E-state index in [0.717, 1.165) is 11.3 Å². The van der Waals surface area contributed by atoms with Crippen molar-refractivity contribution in [2.75, 3.05) is 11.1 Å². The van der Waals surface area contributed by atoms with E-state index in [1.807, 2.05) is 19.1 Å². The molecule has 0 aliphatic rings. The highest BCUT2D eigenvalue weighted by molar-refractivity contribution is 5.89. The predicted octanol–water partition coefficient (Wildman–Crippen LogP) is 3.54. The minimum absolute atomic E-state index is 0.0758. The topological polar surface area (TPSA) is 88.2 Å². The van der Waals surface area contributed by atoms with E-state index in [0.29, 0.717) is 17.4 Å². The molecule has 0 saturated heterocycles. The molecule has 0 radical (unpaired) electrons. The molecule has 5 nitrogen and oxygen atoms in total. The van der Waals surface area contributed by atoms with Gasteiger partial charge in [0.25, 0.3) is 0 Å². The van der Waals surface area contributed by atoms with Crippen LogP contribution in [-0.2, 0) is 0 Å². The molecular weight excluding hydrogens is 266 g/mol. The minimum Gasteiger partial charge on any atom is -0.478 e. The largest absolute Gasteiger partial charge is 0.478 e. The molecule has 1 aromatic carbocycles. The second kappa shape index (κ2) is 5.83. The maximum absolute atomic E-state index is 10.9. The fraction of sp³-hybridized carbons (Fsp3) is 0.250. The number of carbonyl (C=O) groups is 1. The summed E-state index contributed by atoms with van der Waals surface area (Å²) >= 11 is 0. The highest BCUT2D eigenvalue weighted by atomic mass is 16.4. The second-order valence-electron chi connectivity index (χ2n) is 5.29. The molecule has 0 unspecified atom stereocenters. The van der Waals surface area contributed by atoms with Gasteiger partial charge in [-0.3, -0.25) is 0 Å². The van der Waals surface area contributed by atoms with Crippen molar-refractivity contribution < 1.29 is 9.90 Å². The number of rotatable bonds is 4. The van der Waals surface area contributed by atoms with Crippen molar-refractivity contribution in [1.29, 1.82) is 0 Å². The molecule has 2 rings (SSSR count). The third-order valence-corrected chi connectivity index (χ3v) is 3.33. The van der Waals surface area contributed by atoms with Crippen LogP contribution in [-0.4, -0.2) is 16.1 Å². The Balaban J connectivity index is 2.41. The van der Waals surface area contributed by atoms with Crippen LogP contribution in [0.5, 0.6) is 0 Å². The van der Waals surface area contributed by atoms with Gasteiger partial charge < -0.3 is 16.2 Å². The van der Waals surface area contributed by atoms with Crippen LogP contribution >= 0.6 is 0 Å². The molecule has 0 spiro atoms. The van der Waals surface area contributed by atoms with E-state index in [-0.39, 0.29) is 5.56 Å². The summed E-state index contributed by atoms with van der Waals surface area (Å²) < 4.78 is 0. The fourth-order valence-electron chi connectivity index (χ4n) is 2.16. The number of pyridine rings is 1. The molecule has 0 saturated carbocycles. The van der Waals surface area contributed by atoms with Gasteiger partial charge in [0.15, 0.2) is 5.82 Å². The van der Waals surface area contributed by atoms with E-state index in [1.165, 1.54) is 17.8 Å². The van der Waals surface area contributed by atoms with Crippen LogP contribution in [0, 0.1) is 6.92 Å². The Morgan fingerprint density at radius 2 is 2.10 bits per heavy atom. The van der Waals surface area contributed by atoms with Crippen LogP contribution in [0.15, 0.2) is 30.5 Å². The van der Waals surface area contributed by atoms with Crippen LogP contribution in [0.1, 0.15) is 41.3 Å². The van der Waals surface area contributed by atoms with Crippen molar-refractivity contribution in [3.05, 3.63) is 47.2 Å². The summed E-state index contributed by atoms with van der Waals surface area (Å²) in [6.45, 7) is 6.24. The molecule has 110 valence electrons. The first-order valence-corrected chi connectivity index (χ1v) is 6.75. The maximum Gasteiger partial charge on any atom is 0.337 e. The van der Waals surface area contributed by atoms with E-state index in [1.54, 1.807) is 0 Å². The average Bonchev–Trinajstić information content (AvgIpc) is 2.42. The van der Waals surface area contributed by atoms with E-state index in [4.69, 9.17) is 10.8 Å².